The number of hydrogen-bond donors (Lipinski definition) is 0. The van der Waals surface area contributed by atoms with Crippen LogP contribution in [0.15, 0.2) is 63.7 Å². The minimum Gasteiger partial charge on any atom is -0.337 e. The van der Waals surface area contributed by atoms with Gasteiger partial charge in [-0.2, -0.15) is 4.57 Å². The van der Waals surface area contributed by atoms with Crippen LogP contribution in [0, 0.1) is 6.92 Å². The summed E-state index contributed by atoms with van der Waals surface area (Å²) >= 11 is 11.1. The van der Waals surface area contributed by atoms with Crippen LogP contribution < -0.4 is 24.2 Å². The molecule has 4 nitrogen and oxygen atoms in total. The maximum Gasteiger partial charge on any atom is 0.271 e. The molecule has 0 N–H and O–H groups in total. The zero-order valence-corrected chi connectivity index (χ0v) is 23.7. The summed E-state index contributed by atoms with van der Waals surface area (Å²) in [6, 6.07) is 14.3. The number of benzene rings is 2. The zero-order valence-electron chi connectivity index (χ0n) is 20.5. The number of hydrogen-bond acceptors (Lipinski definition) is 5. The SMILES string of the molecule is CC.CCn1c(=O)/c(=C2\Sc3cc(Cl)ccc3N2C)s/c1=C\c1scc[n+]1Cc1ccccc1C. The van der Waals surface area contributed by atoms with E-state index in [4.69, 9.17) is 11.6 Å². The fraction of sp³-hybridized carbons (Fsp3) is 0.259. The lowest BCUT2D eigenvalue weighted by atomic mass is 10.1. The highest BCUT2D eigenvalue weighted by Crippen LogP contribution is 2.46. The second kappa shape index (κ2) is 11.2. The van der Waals surface area contributed by atoms with Crippen LogP contribution in [-0.4, -0.2) is 11.6 Å². The van der Waals surface area contributed by atoms with Crippen molar-refractivity contribution in [3.05, 3.63) is 94.7 Å². The fourth-order valence-electron chi connectivity index (χ4n) is 3.93. The molecule has 5 rings (SSSR count). The zero-order chi connectivity index (χ0) is 25.1. The van der Waals surface area contributed by atoms with E-state index in [1.54, 1.807) is 34.4 Å². The van der Waals surface area contributed by atoms with Crippen molar-refractivity contribution in [2.24, 2.45) is 0 Å². The molecule has 1 aliphatic heterocycles. The van der Waals surface area contributed by atoms with Crippen LogP contribution in [0.2, 0.25) is 5.02 Å². The predicted molar refractivity (Wildman–Crippen MR) is 152 cm³/mol. The Bertz CT molecular complexity index is 1530. The Morgan fingerprint density at radius 3 is 2.66 bits per heavy atom. The molecule has 0 bridgehead atoms. The number of rotatable bonds is 4. The Morgan fingerprint density at radius 1 is 1.14 bits per heavy atom. The van der Waals surface area contributed by atoms with Crippen molar-refractivity contribution in [1.82, 2.24) is 4.57 Å². The molecule has 0 aliphatic carbocycles. The monoisotopic (exact) mass is 542 g/mol. The van der Waals surface area contributed by atoms with Crippen LogP contribution in [0.1, 0.15) is 36.9 Å². The van der Waals surface area contributed by atoms with Gasteiger partial charge in [0.1, 0.15) is 14.2 Å². The predicted octanol–water partition coefficient (Wildman–Crippen LogP) is 5.45. The van der Waals surface area contributed by atoms with E-state index in [2.05, 4.69) is 58.3 Å². The lowest BCUT2D eigenvalue weighted by molar-refractivity contribution is -0.685. The molecule has 0 saturated heterocycles. The third kappa shape index (κ3) is 5.14. The van der Waals surface area contributed by atoms with Crippen molar-refractivity contribution in [3.63, 3.8) is 0 Å². The second-order valence-corrected chi connectivity index (χ2v) is 11.3. The van der Waals surface area contributed by atoms with Crippen molar-refractivity contribution in [2.45, 2.75) is 45.7 Å². The summed E-state index contributed by atoms with van der Waals surface area (Å²) in [7, 11) is 2.01. The topological polar surface area (TPSA) is 29.1 Å². The molecule has 3 heterocycles. The van der Waals surface area contributed by atoms with E-state index in [1.165, 1.54) is 11.1 Å². The number of thiazole rings is 2. The average molecular weight is 543 g/mol. The quantitative estimate of drug-likeness (QED) is 0.321. The van der Waals surface area contributed by atoms with Gasteiger partial charge < -0.3 is 4.90 Å². The Kier molecular flexibility index (Phi) is 8.22. The number of aromatic nitrogens is 2. The largest absolute Gasteiger partial charge is 0.337 e. The molecule has 0 fully saturated rings. The maximum absolute atomic E-state index is 13.4. The molecule has 8 heteroatoms. The maximum atomic E-state index is 13.4. The van der Waals surface area contributed by atoms with E-state index < -0.39 is 0 Å². The van der Waals surface area contributed by atoms with Crippen molar-refractivity contribution in [2.75, 3.05) is 11.9 Å². The normalized spacial score (nSPS) is 14.7. The first-order valence-corrected chi connectivity index (χ1v) is 14.5. The van der Waals surface area contributed by atoms with Crippen LogP contribution >= 0.6 is 46.0 Å². The van der Waals surface area contributed by atoms with Crippen LogP contribution in [0.4, 0.5) is 5.69 Å². The van der Waals surface area contributed by atoms with Crippen molar-refractivity contribution >= 4 is 62.8 Å². The number of halogens is 1. The molecule has 182 valence electrons. The van der Waals surface area contributed by atoms with E-state index in [1.807, 2.05) is 50.6 Å². The minimum absolute atomic E-state index is 0.0593. The van der Waals surface area contributed by atoms with Gasteiger partial charge in [-0.25, -0.2) is 0 Å². The lowest BCUT2D eigenvalue weighted by Gasteiger charge is -2.12. The molecule has 0 spiro atoms. The number of thioether (sulfide) groups is 1. The van der Waals surface area contributed by atoms with Gasteiger partial charge >= 0.3 is 0 Å². The molecule has 0 radical (unpaired) electrons. The van der Waals surface area contributed by atoms with Gasteiger partial charge in [-0.15, -0.1) is 11.3 Å². The molecule has 2 aromatic heterocycles. The first-order chi connectivity index (χ1) is 17.0. The standard InChI is InChI=1S/C25H23ClN3OS3.C2H6/c1-4-29-22(14-21-28(11-12-31-21)15-17-8-6-5-7-16(17)2)33-23(24(29)30)25-27(3)19-10-9-18(26)13-20(19)32-25;1-2/h5-14H,4,15H2,1-3H3;1-2H3/q+1;/b25-23+;. The van der Waals surface area contributed by atoms with Gasteiger partial charge in [-0.05, 0) is 37.6 Å². The molecule has 0 unspecified atom stereocenters. The second-order valence-electron chi connectivity index (χ2n) is 7.84. The van der Waals surface area contributed by atoms with Crippen molar-refractivity contribution < 1.29 is 4.57 Å². The van der Waals surface area contributed by atoms with Gasteiger partial charge in [-0.3, -0.25) is 9.36 Å². The van der Waals surface area contributed by atoms with Crippen LogP contribution in [-0.2, 0) is 13.1 Å². The summed E-state index contributed by atoms with van der Waals surface area (Å²) in [5.74, 6) is 0. The van der Waals surface area contributed by atoms with Crippen LogP contribution in [0.3, 0.4) is 0 Å². The summed E-state index contributed by atoms with van der Waals surface area (Å²) in [5, 5.41) is 4.89. The Balaban J connectivity index is 0.00000141. The van der Waals surface area contributed by atoms with E-state index in [9.17, 15) is 4.79 Å². The molecule has 1 aliphatic rings. The molecule has 0 atom stereocenters. The summed E-state index contributed by atoms with van der Waals surface area (Å²) in [4.78, 5) is 16.6. The first kappa shape index (κ1) is 25.8. The Hall–Kier alpha value is -2.32. The number of fused-ring (bicyclic) bond motifs is 1. The molecule has 35 heavy (non-hydrogen) atoms. The van der Waals surface area contributed by atoms with Crippen molar-refractivity contribution in [1.29, 1.82) is 0 Å². The smallest absolute Gasteiger partial charge is 0.271 e. The van der Waals surface area contributed by atoms with E-state index in [0.717, 1.165) is 36.4 Å². The highest BCUT2D eigenvalue weighted by Gasteiger charge is 2.25. The van der Waals surface area contributed by atoms with Crippen LogP contribution in [0.25, 0.3) is 11.1 Å². The Labute approximate surface area is 223 Å². The molecule has 0 saturated carbocycles. The fourth-order valence-corrected chi connectivity index (χ4v) is 7.53. The molecule has 2 aromatic carbocycles. The van der Waals surface area contributed by atoms with E-state index >= 15 is 0 Å². The van der Waals surface area contributed by atoms with Crippen LogP contribution in [0.5, 0.6) is 0 Å². The van der Waals surface area contributed by atoms with Crippen molar-refractivity contribution in [3.8, 4) is 0 Å². The van der Waals surface area contributed by atoms with Gasteiger partial charge in [0.25, 0.3) is 10.6 Å². The first-order valence-electron chi connectivity index (χ1n) is 11.6. The number of nitrogens with zero attached hydrogens (tertiary/aromatic N) is 3. The van der Waals surface area contributed by atoms with Gasteiger partial charge in [0, 0.05) is 29.1 Å². The average Bonchev–Trinajstić information content (AvgIpc) is 3.52. The van der Waals surface area contributed by atoms with Gasteiger partial charge in [0.15, 0.2) is 12.7 Å². The molecular formula is C27H29ClN3OS3+. The van der Waals surface area contributed by atoms with Gasteiger partial charge in [-0.1, -0.05) is 72.8 Å². The summed E-state index contributed by atoms with van der Waals surface area (Å²) in [6.07, 6.45) is 4.26. The van der Waals surface area contributed by atoms with E-state index in [0.29, 0.717) is 11.6 Å². The summed E-state index contributed by atoms with van der Waals surface area (Å²) in [6.45, 7) is 9.60. The number of anilines is 1. The minimum atomic E-state index is 0.0593. The third-order valence-electron chi connectivity index (χ3n) is 5.78. The third-order valence-corrected chi connectivity index (χ3v) is 9.33. The molecule has 0 amide bonds. The summed E-state index contributed by atoms with van der Waals surface area (Å²) < 4.78 is 5.85. The van der Waals surface area contributed by atoms with E-state index in [-0.39, 0.29) is 5.56 Å². The lowest BCUT2D eigenvalue weighted by Crippen LogP contribution is -2.36. The molecule has 4 aromatic rings. The van der Waals surface area contributed by atoms with Gasteiger partial charge in [0.05, 0.1) is 17.1 Å². The highest BCUT2D eigenvalue weighted by atomic mass is 35.5. The highest BCUT2D eigenvalue weighted by molar-refractivity contribution is 8.08. The number of aryl methyl sites for hydroxylation is 1. The molecular weight excluding hydrogens is 514 g/mol. The summed E-state index contributed by atoms with van der Waals surface area (Å²) in [5.41, 5.74) is 3.72. The van der Waals surface area contributed by atoms with Gasteiger partial charge in [0.2, 0.25) is 0 Å². The Morgan fingerprint density at radius 2 is 1.91 bits per heavy atom.